The summed E-state index contributed by atoms with van der Waals surface area (Å²) in [5.74, 6) is -0.626. The molecule has 13 heavy (non-hydrogen) atoms. The van der Waals surface area contributed by atoms with Crippen molar-refractivity contribution >= 4 is 21.6 Å². The Labute approximate surface area is 79.6 Å². The Morgan fingerprint density at radius 2 is 1.92 bits per heavy atom. The topological polar surface area (TPSA) is 43.1 Å². The van der Waals surface area contributed by atoms with Crippen molar-refractivity contribution in [2.45, 2.75) is 0 Å². The summed E-state index contributed by atoms with van der Waals surface area (Å²) in [5, 5.41) is 10.1. The van der Waals surface area contributed by atoms with Gasteiger partial charge in [-0.05, 0) is 22.0 Å². The largest absolute Gasteiger partial charge is 0.272 e. The van der Waals surface area contributed by atoms with Gasteiger partial charge in [-0.25, -0.2) is 4.39 Å². The van der Waals surface area contributed by atoms with E-state index in [4.69, 9.17) is 0 Å². The van der Waals surface area contributed by atoms with Crippen molar-refractivity contribution in [1.29, 1.82) is 0 Å². The van der Waals surface area contributed by atoms with Crippen LogP contribution in [0.4, 0.5) is 19.5 Å². The minimum atomic E-state index is -0.643. The van der Waals surface area contributed by atoms with Gasteiger partial charge in [0.05, 0.1) is 15.5 Å². The van der Waals surface area contributed by atoms with E-state index in [0.717, 1.165) is 6.07 Å². The number of halogens is 4. The predicted molar refractivity (Wildman–Crippen MR) is 45.8 cm³/mol. The highest BCUT2D eigenvalue weighted by Crippen LogP contribution is 2.20. The van der Waals surface area contributed by atoms with Crippen molar-refractivity contribution in [2.24, 2.45) is 0 Å². The first-order chi connectivity index (χ1) is 5.11. The molecule has 0 unspecified atom stereocenters. The summed E-state index contributed by atoms with van der Waals surface area (Å²) in [6, 6.07) is 3.39. The van der Waals surface area contributed by atoms with Crippen LogP contribution >= 0.6 is 15.9 Å². The molecule has 0 aliphatic rings. The normalized spacial score (nSPS) is 8.15. The molecular weight excluding hydrogens is 255 g/mol. The van der Waals surface area contributed by atoms with E-state index in [0.29, 0.717) is 0 Å². The lowest BCUT2D eigenvalue weighted by Gasteiger charge is -1.92. The number of nitrogens with zero attached hydrogens (tertiary/aromatic N) is 1. The molecular formula is C6H5BrF3NO2. The van der Waals surface area contributed by atoms with Gasteiger partial charge in [-0.3, -0.25) is 19.5 Å². The fraction of sp³-hybridized carbons (Fsp3) is 0. The third-order valence-electron chi connectivity index (χ3n) is 1.11. The Morgan fingerprint density at radius 3 is 2.31 bits per heavy atom. The van der Waals surface area contributed by atoms with Crippen LogP contribution in [0.3, 0.4) is 0 Å². The van der Waals surface area contributed by atoms with Crippen LogP contribution in [-0.4, -0.2) is 4.92 Å². The second kappa shape index (κ2) is 5.52. The van der Waals surface area contributed by atoms with E-state index in [9.17, 15) is 14.5 Å². The Morgan fingerprint density at radius 1 is 1.38 bits per heavy atom. The van der Waals surface area contributed by atoms with Crippen molar-refractivity contribution in [3.8, 4) is 0 Å². The standard InChI is InChI=1S/C6H3BrFNO2.2FH/c7-5-2-1-4(9(10)11)3-6(5)8;;/h1-3H;2*1H. The van der Waals surface area contributed by atoms with Gasteiger partial charge in [0.25, 0.3) is 5.69 Å². The van der Waals surface area contributed by atoms with Gasteiger partial charge in [0.1, 0.15) is 5.82 Å². The van der Waals surface area contributed by atoms with Gasteiger partial charge in [0.2, 0.25) is 0 Å². The first kappa shape index (κ1) is 14.4. The highest BCUT2D eigenvalue weighted by molar-refractivity contribution is 9.10. The molecule has 0 saturated carbocycles. The lowest BCUT2D eigenvalue weighted by molar-refractivity contribution is -0.385. The molecule has 7 heteroatoms. The molecule has 0 aliphatic heterocycles. The van der Waals surface area contributed by atoms with Crippen molar-refractivity contribution in [2.75, 3.05) is 0 Å². The molecule has 3 nitrogen and oxygen atoms in total. The van der Waals surface area contributed by atoms with Crippen LogP contribution in [0.1, 0.15) is 0 Å². The molecule has 1 aromatic carbocycles. The Kier molecular flexibility index (Phi) is 6.12. The molecule has 0 aliphatic carbocycles. The first-order valence-corrected chi connectivity index (χ1v) is 3.50. The number of non-ortho nitro benzene ring substituents is 1. The van der Waals surface area contributed by atoms with E-state index in [2.05, 4.69) is 15.9 Å². The fourth-order valence-corrected chi connectivity index (χ4v) is 0.845. The summed E-state index contributed by atoms with van der Waals surface area (Å²) in [4.78, 5) is 9.44. The van der Waals surface area contributed by atoms with Gasteiger partial charge >= 0.3 is 0 Å². The molecule has 0 heterocycles. The number of hydrogen-bond donors (Lipinski definition) is 0. The minimum Gasteiger partial charge on any atom is -0.269 e. The lowest BCUT2D eigenvalue weighted by atomic mass is 10.3. The van der Waals surface area contributed by atoms with Gasteiger partial charge in [0.15, 0.2) is 0 Å². The SMILES string of the molecule is F.F.O=[N+]([O-])c1ccc(Br)c(F)c1. The summed E-state index contributed by atoms with van der Waals surface area (Å²) in [6.45, 7) is 0. The summed E-state index contributed by atoms with van der Waals surface area (Å²) in [5.41, 5.74) is -0.245. The minimum absolute atomic E-state index is 0. The van der Waals surface area contributed by atoms with Crippen LogP contribution in [0.2, 0.25) is 0 Å². The smallest absolute Gasteiger partial charge is 0.269 e. The molecule has 0 amide bonds. The monoisotopic (exact) mass is 259 g/mol. The van der Waals surface area contributed by atoms with Gasteiger partial charge < -0.3 is 0 Å². The van der Waals surface area contributed by atoms with Crippen LogP contribution in [-0.2, 0) is 0 Å². The molecule has 0 N–H and O–H groups in total. The maximum Gasteiger partial charge on any atom is 0.272 e. The summed E-state index contributed by atoms with van der Waals surface area (Å²) < 4.78 is 12.8. The number of rotatable bonds is 1. The fourth-order valence-electron chi connectivity index (χ4n) is 0.599. The van der Waals surface area contributed by atoms with Crippen LogP contribution in [0.25, 0.3) is 0 Å². The molecule has 0 fully saturated rings. The number of nitro groups is 1. The molecule has 0 radical (unpaired) electrons. The molecule has 0 saturated heterocycles. The third kappa shape index (κ3) is 3.41. The van der Waals surface area contributed by atoms with E-state index in [1.165, 1.54) is 12.1 Å². The molecule has 0 bridgehead atoms. The summed E-state index contributed by atoms with van der Waals surface area (Å²) in [6.07, 6.45) is 0. The molecule has 1 rings (SSSR count). The van der Waals surface area contributed by atoms with Crippen molar-refractivity contribution in [3.05, 3.63) is 38.6 Å². The van der Waals surface area contributed by atoms with Gasteiger partial charge in [-0.2, -0.15) is 0 Å². The van der Waals surface area contributed by atoms with Crippen LogP contribution in [0.5, 0.6) is 0 Å². The van der Waals surface area contributed by atoms with Crippen molar-refractivity contribution < 1.29 is 18.7 Å². The zero-order valence-corrected chi connectivity index (χ0v) is 7.65. The molecule has 1 aromatic rings. The number of benzene rings is 1. The van der Waals surface area contributed by atoms with Crippen LogP contribution in [0, 0.1) is 15.9 Å². The van der Waals surface area contributed by atoms with E-state index in [1.54, 1.807) is 0 Å². The maximum atomic E-state index is 12.6. The lowest BCUT2D eigenvalue weighted by Crippen LogP contribution is -1.88. The van der Waals surface area contributed by atoms with E-state index in [-0.39, 0.29) is 19.6 Å². The van der Waals surface area contributed by atoms with E-state index < -0.39 is 10.7 Å². The average molecular weight is 260 g/mol. The van der Waals surface area contributed by atoms with Gasteiger partial charge in [-0.1, -0.05) is 0 Å². The Hall–Kier alpha value is -1.11. The van der Waals surface area contributed by atoms with Crippen molar-refractivity contribution in [3.63, 3.8) is 0 Å². The van der Waals surface area contributed by atoms with Crippen LogP contribution in [0.15, 0.2) is 22.7 Å². The Bertz CT molecular complexity index is 308. The van der Waals surface area contributed by atoms with Gasteiger partial charge in [-0.15, -0.1) is 0 Å². The van der Waals surface area contributed by atoms with E-state index >= 15 is 0 Å². The highest BCUT2D eigenvalue weighted by atomic mass is 79.9. The Balaban J connectivity index is 0. The third-order valence-corrected chi connectivity index (χ3v) is 1.76. The maximum absolute atomic E-state index is 12.6. The first-order valence-electron chi connectivity index (χ1n) is 2.70. The second-order valence-electron chi connectivity index (χ2n) is 1.86. The zero-order chi connectivity index (χ0) is 8.43. The predicted octanol–water partition coefficient (Wildman–Crippen LogP) is 2.80. The molecule has 0 aromatic heterocycles. The quantitative estimate of drug-likeness (QED) is 0.575. The number of hydrogen-bond acceptors (Lipinski definition) is 2. The van der Waals surface area contributed by atoms with E-state index in [1.807, 2.05) is 0 Å². The van der Waals surface area contributed by atoms with Crippen molar-refractivity contribution in [1.82, 2.24) is 0 Å². The van der Waals surface area contributed by atoms with Gasteiger partial charge in [0, 0.05) is 6.07 Å². The molecule has 74 valence electrons. The highest BCUT2D eigenvalue weighted by Gasteiger charge is 2.07. The molecule has 0 atom stereocenters. The zero-order valence-electron chi connectivity index (χ0n) is 6.07. The number of nitro benzene ring substituents is 1. The average Bonchev–Trinajstić information content (AvgIpc) is 1.94. The second-order valence-corrected chi connectivity index (χ2v) is 2.71. The summed E-state index contributed by atoms with van der Waals surface area (Å²) >= 11 is 2.88. The summed E-state index contributed by atoms with van der Waals surface area (Å²) in [7, 11) is 0. The van der Waals surface area contributed by atoms with Crippen LogP contribution < -0.4 is 0 Å². The molecule has 0 spiro atoms.